The maximum Gasteiger partial charge on any atom is 0.251 e. The highest BCUT2D eigenvalue weighted by Crippen LogP contribution is 2.10. The van der Waals surface area contributed by atoms with E-state index in [1.165, 1.54) is 12.1 Å². The van der Waals surface area contributed by atoms with E-state index in [1.54, 1.807) is 19.9 Å². The zero-order chi connectivity index (χ0) is 13.1. The average Bonchev–Trinajstić information content (AvgIpc) is 2.80. The maximum absolute atomic E-state index is 13.2. The second-order valence-corrected chi connectivity index (χ2v) is 3.98. The quantitative estimate of drug-likeness (QED) is 0.854. The van der Waals surface area contributed by atoms with Gasteiger partial charge in [0.2, 0.25) is 0 Å². The molecule has 1 aromatic heterocycles. The van der Waals surface area contributed by atoms with E-state index in [1.807, 2.05) is 0 Å². The lowest BCUT2D eigenvalue weighted by Gasteiger charge is -2.10. The second-order valence-electron chi connectivity index (χ2n) is 3.98. The average molecular weight is 249 g/mol. The fourth-order valence-corrected chi connectivity index (χ4v) is 1.56. The molecule has 0 bridgehead atoms. The van der Waals surface area contributed by atoms with E-state index in [0.29, 0.717) is 11.4 Å². The summed E-state index contributed by atoms with van der Waals surface area (Å²) in [5.41, 5.74) is 0.954. The van der Waals surface area contributed by atoms with E-state index in [9.17, 15) is 9.18 Å². The third kappa shape index (κ3) is 2.68. The first-order valence-electron chi connectivity index (χ1n) is 5.37. The molecule has 0 saturated heterocycles. The second kappa shape index (κ2) is 4.91. The minimum Gasteiger partial charge on any atom is -0.342 e. The minimum atomic E-state index is -0.438. The molecule has 1 unspecified atom stereocenters. The van der Waals surface area contributed by atoms with Crippen LogP contribution in [0, 0.1) is 12.7 Å². The summed E-state index contributed by atoms with van der Waals surface area (Å²) < 4.78 is 13.2. The van der Waals surface area contributed by atoms with Crippen molar-refractivity contribution in [3.8, 4) is 0 Å². The third-order valence-electron chi connectivity index (χ3n) is 2.40. The highest BCUT2D eigenvalue weighted by atomic mass is 19.1. The number of hydrogen-bond acceptors (Lipinski definition) is 4. The molecule has 0 saturated carbocycles. The van der Waals surface area contributed by atoms with Crippen LogP contribution < -0.4 is 5.32 Å². The summed E-state index contributed by atoms with van der Waals surface area (Å²) in [6, 6.07) is 3.76. The monoisotopic (exact) mass is 249 g/mol. The molecule has 0 radical (unpaired) electrons. The number of nitrogens with zero attached hydrogens (tertiary/aromatic N) is 3. The summed E-state index contributed by atoms with van der Waals surface area (Å²) >= 11 is 0. The van der Waals surface area contributed by atoms with Gasteiger partial charge in [-0.25, -0.2) is 4.39 Å². The first-order chi connectivity index (χ1) is 8.56. The molecular formula is C11H12FN5O. The Morgan fingerprint density at radius 1 is 1.44 bits per heavy atom. The van der Waals surface area contributed by atoms with Crippen molar-refractivity contribution in [3.05, 3.63) is 41.0 Å². The summed E-state index contributed by atoms with van der Waals surface area (Å²) in [7, 11) is 0. The van der Waals surface area contributed by atoms with Gasteiger partial charge in [0.1, 0.15) is 5.82 Å². The number of halogens is 1. The van der Waals surface area contributed by atoms with Crippen molar-refractivity contribution in [2.45, 2.75) is 19.9 Å². The van der Waals surface area contributed by atoms with Crippen LogP contribution in [0.4, 0.5) is 4.39 Å². The molecule has 2 aromatic rings. The van der Waals surface area contributed by atoms with Crippen LogP contribution in [0.1, 0.15) is 34.7 Å². The van der Waals surface area contributed by atoms with Gasteiger partial charge in [0.15, 0.2) is 5.82 Å². The Morgan fingerprint density at radius 2 is 2.22 bits per heavy atom. The molecule has 1 atom stereocenters. The number of nitrogens with one attached hydrogen (secondary N) is 2. The van der Waals surface area contributed by atoms with Crippen LogP contribution in [-0.2, 0) is 0 Å². The van der Waals surface area contributed by atoms with Gasteiger partial charge in [0, 0.05) is 5.56 Å². The van der Waals surface area contributed by atoms with Gasteiger partial charge in [-0.3, -0.25) is 4.79 Å². The van der Waals surface area contributed by atoms with Gasteiger partial charge >= 0.3 is 0 Å². The predicted octanol–water partition coefficient (Wildman–Crippen LogP) is 1.14. The molecule has 1 amide bonds. The van der Waals surface area contributed by atoms with E-state index in [2.05, 4.69) is 25.9 Å². The molecule has 7 heteroatoms. The number of aryl methyl sites for hydroxylation is 1. The van der Waals surface area contributed by atoms with Crippen LogP contribution in [-0.4, -0.2) is 26.5 Å². The number of amides is 1. The van der Waals surface area contributed by atoms with Crippen molar-refractivity contribution in [1.82, 2.24) is 25.9 Å². The number of aromatic nitrogens is 4. The Bertz CT molecular complexity index is 534. The zero-order valence-electron chi connectivity index (χ0n) is 9.94. The first kappa shape index (κ1) is 12.2. The smallest absolute Gasteiger partial charge is 0.251 e. The van der Waals surface area contributed by atoms with Crippen LogP contribution in [0.5, 0.6) is 0 Å². The van der Waals surface area contributed by atoms with E-state index >= 15 is 0 Å². The summed E-state index contributed by atoms with van der Waals surface area (Å²) in [5.74, 6) is -0.446. The van der Waals surface area contributed by atoms with Gasteiger partial charge in [0.25, 0.3) is 5.91 Å². The lowest BCUT2D eigenvalue weighted by molar-refractivity contribution is 0.0937. The normalized spacial score (nSPS) is 12.2. The number of carbonyl (C=O) groups excluding carboxylic acids is 1. The molecule has 2 N–H and O–H groups in total. The zero-order valence-corrected chi connectivity index (χ0v) is 9.94. The van der Waals surface area contributed by atoms with Crippen LogP contribution in [0.25, 0.3) is 0 Å². The number of carbonyl (C=O) groups is 1. The van der Waals surface area contributed by atoms with Crippen LogP contribution in [0.3, 0.4) is 0 Å². The molecule has 2 rings (SSSR count). The van der Waals surface area contributed by atoms with Crippen molar-refractivity contribution >= 4 is 5.91 Å². The lowest BCUT2D eigenvalue weighted by Crippen LogP contribution is -2.27. The minimum absolute atomic E-state index is 0.267. The van der Waals surface area contributed by atoms with Crippen LogP contribution in [0.15, 0.2) is 18.2 Å². The van der Waals surface area contributed by atoms with Gasteiger partial charge in [-0.05, 0) is 37.6 Å². The van der Waals surface area contributed by atoms with Crippen molar-refractivity contribution < 1.29 is 9.18 Å². The standard InChI is InChI=1S/C11H12FN5O/c1-6-3-8(5-9(12)4-6)11(18)13-7(2)10-14-16-17-15-10/h3-5,7H,1-2H3,(H,13,18)(H,14,15,16,17). The van der Waals surface area contributed by atoms with E-state index in [0.717, 1.165) is 0 Å². The van der Waals surface area contributed by atoms with Gasteiger partial charge in [-0.1, -0.05) is 5.21 Å². The molecular weight excluding hydrogens is 237 g/mol. The topological polar surface area (TPSA) is 83.6 Å². The van der Waals surface area contributed by atoms with Gasteiger partial charge in [0.05, 0.1) is 6.04 Å². The fraction of sp³-hybridized carbons (Fsp3) is 0.273. The largest absolute Gasteiger partial charge is 0.342 e. The molecule has 0 spiro atoms. The first-order valence-corrected chi connectivity index (χ1v) is 5.37. The van der Waals surface area contributed by atoms with Crippen LogP contribution in [0.2, 0.25) is 0 Å². The summed E-state index contributed by atoms with van der Waals surface area (Å²) in [6.45, 7) is 3.44. The van der Waals surface area contributed by atoms with Gasteiger partial charge < -0.3 is 5.32 Å². The van der Waals surface area contributed by atoms with Crippen molar-refractivity contribution in [2.75, 3.05) is 0 Å². The Kier molecular flexibility index (Phi) is 3.31. The fourth-order valence-electron chi connectivity index (χ4n) is 1.56. The highest BCUT2D eigenvalue weighted by Gasteiger charge is 2.15. The molecule has 0 aliphatic rings. The molecule has 18 heavy (non-hydrogen) atoms. The van der Waals surface area contributed by atoms with Crippen molar-refractivity contribution in [1.29, 1.82) is 0 Å². The van der Waals surface area contributed by atoms with Crippen molar-refractivity contribution in [2.24, 2.45) is 0 Å². The third-order valence-corrected chi connectivity index (χ3v) is 2.40. The maximum atomic E-state index is 13.2. The van der Waals surface area contributed by atoms with Gasteiger partial charge in [-0.15, -0.1) is 10.2 Å². The van der Waals surface area contributed by atoms with E-state index < -0.39 is 11.9 Å². The Morgan fingerprint density at radius 3 is 2.83 bits per heavy atom. The molecule has 6 nitrogen and oxygen atoms in total. The van der Waals surface area contributed by atoms with Crippen LogP contribution >= 0.6 is 0 Å². The molecule has 1 aromatic carbocycles. The molecule has 0 aliphatic heterocycles. The summed E-state index contributed by atoms with van der Waals surface area (Å²) in [4.78, 5) is 11.9. The number of benzene rings is 1. The molecule has 1 heterocycles. The lowest BCUT2D eigenvalue weighted by atomic mass is 10.1. The number of hydrogen-bond donors (Lipinski definition) is 2. The van der Waals surface area contributed by atoms with E-state index in [4.69, 9.17) is 0 Å². The van der Waals surface area contributed by atoms with Crippen molar-refractivity contribution in [3.63, 3.8) is 0 Å². The predicted molar refractivity (Wildman–Crippen MR) is 61.2 cm³/mol. The number of rotatable bonds is 3. The highest BCUT2D eigenvalue weighted by molar-refractivity contribution is 5.94. The molecule has 0 aliphatic carbocycles. The number of tetrazole rings is 1. The molecule has 0 fully saturated rings. The Balaban J connectivity index is 2.12. The Hall–Kier alpha value is -2.31. The summed E-state index contributed by atoms with van der Waals surface area (Å²) in [5, 5.41) is 15.9. The Labute approximate surface area is 103 Å². The number of H-pyrrole nitrogens is 1. The van der Waals surface area contributed by atoms with E-state index in [-0.39, 0.29) is 11.5 Å². The van der Waals surface area contributed by atoms with Gasteiger partial charge in [-0.2, -0.15) is 5.21 Å². The molecule has 94 valence electrons. The number of aromatic amines is 1. The SMILES string of the molecule is Cc1cc(F)cc(C(=O)NC(C)c2nn[nH]n2)c1. The summed E-state index contributed by atoms with van der Waals surface area (Å²) in [6.07, 6.45) is 0.